The lowest BCUT2D eigenvalue weighted by atomic mass is 10.1. The summed E-state index contributed by atoms with van der Waals surface area (Å²) in [7, 11) is 4.97. The maximum absolute atomic E-state index is 12.9. The Bertz CT molecular complexity index is 1120. The van der Waals surface area contributed by atoms with Crippen LogP contribution < -0.4 is 25.0 Å². The topological polar surface area (TPSA) is 78.8 Å². The highest BCUT2D eigenvalue weighted by Gasteiger charge is 2.15. The zero-order valence-corrected chi connectivity index (χ0v) is 17.7. The van der Waals surface area contributed by atoms with Gasteiger partial charge in [-0.1, -0.05) is 6.07 Å². The third-order valence-electron chi connectivity index (χ3n) is 4.86. The van der Waals surface area contributed by atoms with E-state index in [9.17, 15) is 9.59 Å². The Balaban J connectivity index is 1.77. The lowest BCUT2D eigenvalue weighted by molar-refractivity contribution is 0.0952. The van der Waals surface area contributed by atoms with Crippen LogP contribution >= 0.6 is 0 Å². The number of nitrogens with one attached hydrogen (secondary N) is 1. The monoisotopic (exact) mass is 410 g/mol. The minimum Gasteiger partial charge on any atom is -0.494 e. The van der Waals surface area contributed by atoms with Crippen molar-refractivity contribution in [3.63, 3.8) is 0 Å². The van der Waals surface area contributed by atoms with Crippen LogP contribution in [0.25, 0.3) is 10.9 Å². The summed E-state index contributed by atoms with van der Waals surface area (Å²) in [6, 6.07) is 10.9. The van der Waals surface area contributed by atoms with Gasteiger partial charge in [-0.15, -0.1) is 0 Å². The first-order chi connectivity index (χ1) is 14.5. The number of benzene rings is 2. The van der Waals surface area contributed by atoms with Gasteiger partial charge in [-0.25, -0.2) is 0 Å². The maximum Gasteiger partial charge on any atom is 0.256 e. The van der Waals surface area contributed by atoms with E-state index in [0.717, 1.165) is 11.1 Å². The molecule has 0 aliphatic heterocycles. The van der Waals surface area contributed by atoms with Gasteiger partial charge in [0.25, 0.3) is 5.91 Å². The molecular formula is C23H26N2O5. The Morgan fingerprint density at radius 2 is 1.83 bits per heavy atom. The van der Waals surface area contributed by atoms with Gasteiger partial charge in [-0.3, -0.25) is 9.59 Å². The number of hydrogen-bond donors (Lipinski definition) is 1. The highest BCUT2D eigenvalue weighted by molar-refractivity contribution is 5.97. The lowest BCUT2D eigenvalue weighted by Crippen LogP contribution is -2.31. The van der Waals surface area contributed by atoms with Gasteiger partial charge >= 0.3 is 0 Å². The largest absolute Gasteiger partial charge is 0.494 e. The molecule has 0 aliphatic rings. The molecule has 7 nitrogen and oxygen atoms in total. The molecule has 1 N–H and O–H groups in total. The third kappa shape index (κ3) is 4.40. The zero-order valence-electron chi connectivity index (χ0n) is 17.7. The van der Waals surface area contributed by atoms with E-state index in [1.54, 1.807) is 31.0 Å². The number of carbonyl (C=O) groups excluding carboxylic acids is 1. The number of amides is 1. The second kappa shape index (κ2) is 9.35. The van der Waals surface area contributed by atoms with E-state index in [1.807, 2.05) is 44.3 Å². The molecule has 3 aromatic rings. The highest BCUT2D eigenvalue weighted by Crippen LogP contribution is 2.27. The number of pyridine rings is 1. The van der Waals surface area contributed by atoms with Gasteiger partial charge in [-0.2, -0.15) is 0 Å². The van der Waals surface area contributed by atoms with Crippen molar-refractivity contribution in [2.24, 2.45) is 7.05 Å². The first kappa shape index (κ1) is 21.2. The van der Waals surface area contributed by atoms with Crippen molar-refractivity contribution in [3.8, 4) is 17.2 Å². The smallest absolute Gasteiger partial charge is 0.256 e. The number of aryl methyl sites for hydroxylation is 1. The lowest BCUT2D eigenvalue weighted by Gasteiger charge is -2.12. The first-order valence-electron chi connectivity index (χ1n) is 9.73. The fourth-order valence-corrected chi connectivity index (χ4v) is 3.34. The standard InChI is InChI=1S/C23H26N2O5/c1-5-30-16-7-8-19-17(13-16)22(26)18(14-25(19)2)23(27)24-11-10-15-6-9-20(28-3)21(12-15)29-4/h6-9,12-14H,5,10-11H2,1-4H3,(H,24,27). The van der Waals surface area contributed by atoms with Crippen LogP contribution in [0.4, 0.5) is 0 Å². The number of methoxy groups -OCH3 is 2. The van der Waals surface area contributed by atoms with E-state index in [1.165, 1.54) is 0 Å². The Labute approximate surface area is 175 Å². The van der Waals surface area contributed by atoms with Crippen LogP contribution in [0, 0.1) is 0 Å². The summed E-state index contributed by atoms with van der Waals surface area (Å²) < 4.78 is 17.8. The first-order valence-corrected chi connectivity index (χ1v) is 9.73. The summed E-state index contributed by atoms with van der Waals surface area (Å²) >= 11 is 0. The summed E-state index contributed by atoms with van der Waals surface area (Å²) in [6.45, 7) is 2.77. The molecule has 3 rings (SSSR count). The molecule has 0 fully saturated rings. The van der Waals surface area contributed by atoms with Crippen LogP contribution in [0.3, 0.4) is 0 Å². The van der Waals surface area contributed by atoms with Crippen LogP contribution in [0.15, 0.2) is 47.4 Å². The molecule has 1 aromatic heterocycles. The molecule has 0 spiro atoms. The summed E-state index contributed by atoms with van der Waals surface area (Å²) in [5.74, 6) is 1.49. The Hall–Kier alpha value is -3.48. The second-order valence-corrected chi connectivity index (χ2v) is 6.79. The van der Waals surface area contributed by atoms with Gasteiger partial charge in [0, 0.05) is 19.8 Å². The SMILES string of the molecule is CCOc1ccc2c(c1)c(=O)c(C(=O)NCCc1ccc(OC)c(OC)c1)cn2C. The number of nitrogens with zero attached hydrogens (tertiary/aromatic N) is 1. The molecule has 0 atom stereocenters. The third-order valence-corrected chi connectivity index (χ3v) is 4.86. The minimum atomic E-state index is -0.403. The predicted molar refractivity (Wildman–Crippen MR) is 116 cm³/mol. The van der Waals surface area contributed by atoms with E-state index in [2.05, 4.69) is 5.32 Å². The number of rotatable bonds is 8. The van der Waals surface area contributed by atoms with Crippen molar-refractivity contribution in [1.29, 1.82) is 0 Å². The van der Waals surface area contributed by atoms with Crippen molar-refractivity contribution in [3.05, 3.63) is 63.9 Å². The number of fused-ring (bicyclic) bond motifs is 1. The maximum atomic E-state index is 12.9. The summed E-state index contributed by atoms with van der Waals surface area (Å²) in [6.07, 6.45) is 2.16. The Kier molecular flexibility index (Phi) is 6.61. The van der Waals surface area contributed by atoms with E-state index in [4.69, 9.17) is 14.2 Å². The number of aromatic nitrogens is 1. The van der Waals surface area contributed by atoms with Crippen molar-refractivity contribution < 1.29 is 19.0 Å². The minimum absolute atomic E-state index is 0.103. The van der Waals surface area contributed by atoms with E-state index >= 15 is 0 Å². The summed E-state index contributed by atoms with van der Waals surface area (Å²) in [4.78, 5) is 25.6. The molecule has 30 heavy (non-hydrogen) atoms. The molecule has 7 heteroatoms. The summed E-state index contributed by atoms with van der Waals surface area (Å²) in [5.41, 5.74) is 1.52. The quantitative estimate of drug-likeness (QED) is 0.618. The average Bonchev–Trinajstić information content (AvgIpc) is 2.76. The molecule has 0 radical (unpaired) electrons. The van der Waals surface area contributed by atoms with Gasteiger partial charge in [0.2, 0.25) is 5.43 Å². The summed E-state index contributed by atoms with van der Waals surface area (Å²) in [5, 5.41) is 3.29. The predicted octanol–water partition coefficient (Wildman–Crippen LogP) is 2.93. The molecule has 1 amide bonds. The van der Waals surface area contributed by atoms with Crippen molar-refractivity contribution in [2.75, 3.05) is 27.4 Å². The molecule has 0 unspecified atom stereocenters. The van der Waals surface area contributed by atoms with E-state index in [0.29, 0.717) is 42.2 Å². The Morgan fingerprint density at radius 3 is 2.53 bits per heavy atom. The van der Waals surface area contributed by atoms with Crippen LogP contribution in [-0.2, 0) is 13.5 Å². The van der Waals surface area contributed by atoms with Crippen molar-refractivity contribution >= 4 is 16.8 Å². The molecule has 0 saturated heterocycles. The number of hydrogen-bond acceptors (Lipinski definition) is 5. The van der Waals surface area contributed by atoms with Crippen LogP contribution in [0.5, 0.6) is 17.2 Å². The van der Waals surface area contributed by atoms with Gasteiger partial charge in [0.1, 0.15) is 11.3 Å². The van der Waals surface area contributed by atoms with Crippen LogP contribution in [-0.4, -0.2) is 37.8 Å². The zero-order chi connectivity index (χ0) is 21.7. The van der Waals surface area contributed by atoms with E-state index < -0.39 is 5.91 Å². The molecule has 158 valence electrons. The van der Waals surface area contributed by atoms with Gasteiger partial charge < -0.3 is 24.1 Å². The second-order valence-electron chi connectivity index (χ2n) is 6.79. The highest BCUT2D eigenvalue weighted by atomic mass is 16.5. The van der Waals surface area contributed by atoms with Gasteiger partial charge in [0.05, 0.1) is 31.7 Å². The van der Waals surface area contributed by atoms with Crippen molar-refractivity contribution in [2.45, 2.75) is 13.3 Å². The van der Waals surface area contributed by atoms with Crippen LogP contribution in [0.1, 0.15) is 22.8 Å². The average molecular weight is 410 g/mol. The fourth-order valence-electron chi connectivity index (χ4n) is 3.34. The fraction of sp³-hybridized carbons (Fsp3) is 0.304. The Morgan fingerprint density at radius 1 is 1.07 bits per heavy atom. The molecule has 2 aromatic carbocycles. The van der Waals surface area contributed by atoms with Crippen LogP contribution in [0.2, 0.25) is 0 Å². The van der Waals surface area contributed by atoms with E-state index in [-0.39, 0.29) is 11.0 Å². The van der Waals surface area contributed by atoms with Gasteiger partial charge in [-0.05, 0) is 49.2 Å². The normalized spacial score (nSPS) is 10.7. The van der Waals surface area contributed by atoms with Gasteiger partial charge in [0.15, 0.2) is 11.5 Å². The molecular weight excluding hydrogens is 384 g/mol. The molecule has 0 bridgehead atoms. The molecule has 0 aliphatic carbocycles. The molecule has 0 saturated carbocycles. The number of ether oxygens (including phenoxy) is 3. The molecule has 1 heterocycles. The van der Waals surface area contributed by atoms with Crippen molar-refractivity contribution in [1.82, 2.24) is 9.88 Å². The number of carbonyl (C=O) groups is 1.